The Bertz CT molecular complexity index is 1740. The maximum absolute atomic E-state index is 13.4. The van der Waals surface area contributed by atoms with Crippen LogP contribution in [0, 0.1) is 0 Å². The van der Waals surface area contributed by atoms with Crippen LogP contribution >= 0.6 is 0 Å². The predicted molar refractivity (Wildman–Crippen MR) is 301 cm³/mol. The Morgan fingerprint density at radius 1 is 0.634 bits per heavy atom. The first-order valence-electron chi connectivity index (χ1n) is 31.1. The Hall–Kier alpha value is -2.53. The van der Waals surface area contributed by atoms with Gasteiger partial charge in [-0.2, -0.15) is 0 Å². The molecule has 0 saturated carbocycles. The summed E-state index contributed by atoms with van der Waals surface area (Å²) >= 11 is 0. The molecule has 3 fully saturated rings. The number of allylic oxidation sites excluding steroid dienone is 1. The highest BCUT2D eigenvalue weighted by Gasteiger charge is 2.60. The zero-order valence-electron chi connectivity index (χ0n) is 49.3. The number of ether oxygens (including phenoxy) is 6. The maximum Gasteiger partial charge on any atom is 0.364 e. The number of unbranched alkanes of at least 4 members (excludes halogenated alkanes) is 25. The first-order valence-corrected chi connectivity index (χ1v) is 31.1. The number of hydrogen-bond donors (Lipinski definition) is 14. The standard InChI is InChI=1S/C59H108N2O21/c1-4-6-8-10-12-14-16-18-19-21-23-25-27-29-31-33-46(69)61-40(41(66)32-30-28-26-24-22-20-17-15-13-11-9-7-5-2)38-77-56-51(73)50(72)53(45(37-64)79-56)80-57-52(74)55(49(71)44(36-63)78-57)82-59(58(75)76)34-42(67)47(60-39(3)65)54(81-59)48(70)43(68)35-62/h30,32,40-45,47-57,62-64,66-68,70-74H,4-29,31,33-38H2,1-3H3,(H,60,65)(H,61,69)(H,75,76)/b32-30-/t40-,41+,42-,43+,44+,45+,47+,48+,49-,50+,51+,52+,53+,54+,55-,56+,57-,59-/m0/s1. The van der Waals surface area contributed by atoms with E-state index in [-0.39, 0.29) is 12.3 Å². The van der Waals surface area contributed by atoms with Crippen molar-refractivity contribution in [1.82, 2.24) is 10.6 Å². The number of hydrogen-bond acceptors (Lipinski definition) is 20. The Kier molecular flexibility index (Phi) is 37.4. The first-order chi connectivity index (χ1) is 39.4. The second kappa shape index (κ2) is 41.5. The number of carbonyl (C=O) groups is 3. The summed E-state index contributed by atoms with van der Waals surface area (Å²) in [6.07, 6.45) is 5.61. The molecular formula is C59H108N2O21. The minimum absolute atomic E-state index is 0.204. The van der Waals surface area contributed by atoms with Gasteiger partial charge in [0.1, 0.15) is 67.1 Å². The smallest absolute Gasteiger partial charge is 0.364 e. The van der Waals surface area contributed by atoms with Gasteiger partial charge < -0.3 is 100 Å². The van der Waals surface area contributed by atoms with Crippen molar-refractivity contribution in [3.05, 3.63) is 12.2 Å². The van der Waals surface area contributed by atoms with E-state index in [0.717, 1.165) is 51.9 Å². The van der Waals surface area contributed by atoms with E-state index >= 15 is 0 Å². The van der Waals surface area contributed by atoms with Gasteiger partial charge in [-0.05, 0) is 19.3 Å². The zero-order valence-corrected chi connectivity index (χ0v) is 49.3. The van der Waals surface area contributed by atoms with Gasteiger partial charge in [-0.3, -0.25) is 9.59 Å². The van der Waals surface area contributed by atoms with Crippen molar-refractivity contribution >= 4 is 17.8 Å². The fourth-order valence-electron chi connectivity index (χ4n) is 10.9. The topological polar surface area (TPSA) is 373 Å². The molecule has 3 heterocycles. The third-order valence-electron chi connectivity index (χ3n) is 16.0. The van der Waals surface area contributed by atoms with Gasteiger partial charge in [-0.1, -0.05) is 180 Å². The monoisotopic (exact) mass is 1180 g/mol. The van der Waals surface area contributed by atoms with E-state index in [2.05, 4.69) is 24.5 Å². The number of carbonyl (C=O) groups excluding carboxylic acids is 2. The van der Waals surface area contributed by atoms with Gasteiger partial charge in [0.25, 0.3) is 5.79 Å². The van der Waals surface area contributed by atoms with Gasteiger partial charge in [0.05, 0.1) is 50.7 Å². The molecule has 0 aromatic carbocycles. The SMILES string of the molecule is CCCCCCCCCCCCC/C=C\[C@@H](O)[C@H](CO[C@@H]1O[C@H](CO)[C@@H](O[C@@H]2O[C@H](CO)[C@H](O)[C@H](O[C@]3(C(=O)O)C[C@H](O)[C@@H](NC(C)=O)[C@H]([C@H](O)[C@H](O)CO)O3)[C@H]2O)[C@H](O)[C@H]1O)NC(=O)CCCCCCCCCCCCCCCCC. The first kappa shape index (κ1) is 73.7. The van der Waals surface area contributed by atoms with Crippen LogP contribution in [0.4, 0.5) is 0 Å². The quantitative estimate of drug-likeness (QED) is 0.0307. The van der Waals surface area contributed by atoms with Crippen molar-refractivity contribution in [1.29, 1.82) is 0 Å². The van der Waals surface area contributed by atoms with E-state index in [1.807, 2.05) is 6.08 Å². The highest BCUT2D eigenvalue weighted by Crippen LogP contribution is 2.38. The fraction of sp³-hybridized carbons (Fsp3) is 0.915. The second-order valence-electron chi connectivity index (χ2n) is 22.9. The van der Waals surface area contributed by atoms with E-state index in [1.54, 1.807) is 6.08 Å². The summed E-state index contributed by atoms with van der Waals surface area (Å²) in [6.45, 7) is 2.10. The molecule has 0 unspecified atom stereocenters. The van der Waals surface area contributed by atoms with Crippen LogP contribution < -0.4 is 10.6 Å². The largest absolute Gasteiger partial charge is 0.477 e. The lowest BCUT2D eigenvalue weighted by Gasteiger charge is -2.50. The van der Waals surface area contributed by atoms with Crippen molar-refractivity contribution in [2.75, 3.05) is 26.4 Å². The third-order valence-corrected chi connectivity index (χ3v) is 16.0. The molecule has 0 spiro atoms. The molecule has 0 bridgehead atoms. The van der Waals surface area contributed by atoms with E-state index in [4.69, 9.17) is 28.4 Å². The summed E-state index contributed by atoms with van der Waals surface area (Å²) in [5.74, 6) is -6.14. The molecule has 14 N–H and O–H groups in total. The van der Waals surface area contributed by atoms with Crippen molar-refractivity contribution in [3.63, 3.8) is 0 Å². The second-order valence-corrected chi connectivity index (χ2v) is 22.9. The summed E-state index contributed by atoms with van der Waals surface area (Å²) in [5.41, 5.74) is 0. The molecule has 2 amide bonds. The molecule has 3 aliphatic rings. The van der Waals surface area contributed by atoms with E-state index in [9.17, 15) is 75.7 Å². The van der Waals surface area contributed by atoms with Crippen LogP contribution in [0.5, 0.6) is 0 Å². The highest BCUT2D eigenvalue weighted by atomic mass is 16.8. The van der Waals surface area contributed by atoms with Gasteiger partial charge in [-0.25, -0.2) is 4.79 Å². The van der Waals surface area contributed by atoms with Crippen LogP contribution in [-0.4, -0.2) is 215 Å². The third kappa shape index (κ3) is 25.4. The van der Waals surface area contributed by atoms with Crippen molar-refractivity contribution in [3.8, 4) is 0 Å². The van der Waals surface area contributed by atoms with Gasteiger partial charge in [0.15, 0.2) is 12.6 Å². The number of aliphatic carboxylic acids is 1. The van der Waals surface area contributed by atoms with Gasteiger partial charge in [0.2, 0.25) is 11.8 Å². The van der Waals surface area contributed by atoms with Crippen LogP contribution in [0.25, 0.3) is 0 Å². The number of nitrogens with one attached hydrogen (secondary N) is 2. The Labute approximate surface area is 486 Å². The molecule has 23 nitrogen and oxygen atoms in total. The van der Waals surface area contributed by atoms with Gasteiger partial charge in [-0.15, -0.1) is 0 Å². The van der Waals surface area contributed by atoms with Crippen molar-refractivity contribution in [2.45, 2.75) is 317 Å². The maximum atomic E-state index is 13.4. The number of aliphatic hydroxyl groups is 11. The number of aliphatic hydroxyl groups excluding tert-OH is 11. The van der Waals surface area contributed by atoms with Crippen LogP contribution in [-0.2, 0) is 42.8 Å². The Morgan fingerprint density at radius 3 is 1.62 bits per heavy atom. The molecule has 480 valence electrons. The fourth-order valence-corrected chi connectivity index (χ4v) is 10.9. The number of amides is 2. The van der Waals surface area contributed by atoms with E-state index < -0.39 is 155 Å². The molecule has 18 atom stereocenters. The average Bonchev–Trinajstić information content (AvgIpc) is 3.65. The van der Waals surface area contributed by atoms with Crippen LogP contribution in [0.1, 0.15) is 207 Å². The molecule has 0 radical (unpaired) electrons. The molecule has 3 aliphatic heterocycles. The molecule has 3 rings (SSSR count). The van der Waals surface area contributed by atoms with Crippen LogP contribution in [0.15, 0.2) is 12.2 Å². The minimum Gasteiger partial charge on any atom is -0.477 e. The van der Waals surface area contributed by atoms with Crippen molar-refractivity contribution < 1.29 is 104 Å². The number of rotatable bonds is 45. The average molecular weight is 1180 g/mol. The predicted octanol–water partition coefficient (Wildman–Crippen LogP) is 3.17. The minimum atomic E-state index is -3.08. The molecular weight excluding hydrogens is 1070 g/mol. The Morgan fingerprint density at radius 2 is 1.13 bits per heavy atom. The summed E-state index contributed by atoms with van der Waals surface area (Å²) in [6, 6.07) is -2.61. The lowest BCUT2D eigenvalue weighted by molar-refractivity contribution is -0.386. The Balaban J connectivity index is 1.67. The summed E-state index contributed by atoms with van der Waals surface area (Å²) in [5, 5.41) is 135. The van der Waals surface area contributed by atoms with Crippen LogP contribution in [0.2, 0.25) is 0 Å². The lowest BCUT2D eigenvalue weighted by atomic mass is 9.88. The van der Waals surface area contributed by atoms with Gasteiger partial charge >= 0.3 is 5.97 Å². The molecule has 0 aromatic rings. The van der Waals surface area contributed by atoms with Crippen LogP contribution in [0.3, 0.4) is 0 Å². The summed E-state index contributed by atoms with van der Waals surface area (Å²) in [4.78, 5) is 38.4. The highest BCUT2D eigenvalue weighted by molar-refractivity contribution is 5.77. The normalized spacial score (nSPS) is 30.2. The van der Waals surface area contributed by atoms with Crippen molar-refractivity contribution in [2.24, 2.45) is 0 Å². The molecule has 23 heteroatoms. The summed E-state index contributed by atoms with van der Waals surface area (Å²) < 4.78 is 34.7. The van der Waals surface area contributed by atoms with Gasteiger partial charge in [0, 0.05) is 19.8 Å². The lowest BCUT2D eigenvalue weighted by Crippen LogP contribution is -2.70. The molecule has 0 aromatic heterocycles. The zero-order chi connectivity index (χ0) is 60.5. The molecule has 3 saturated heterocycles. The summed E-state index contributed by atoms with van der Waals surface area (Å²) in [7, 11) is 0. The van der Waals surface area contributed by atoms with E-state index in [1.165, 1.54) is 116 Å². The molecule has 82 heavy (non-hydrogen) atoms. The molecule has 0 aliphatic carbocycles. The number of carboxylic acids is 1. The van der Waals surface area contributed by atoms with E-state index in [0.29, 0.717) is 12.8 Å². The number of carboxylic acid groups (broad SMARTS) is 1.